The van der Waals surface area contributed by atoms with Crippen molar-refractivity contribution in [2.75, 3.05) is 0 Å². The smallest absolute Gasteiger partial charge is 0.321 e. The number of thiophene rings is 1. The maximum Gasteiger partial charge on any atom is 0.321 e. The van der Waals surface area contributed by atoms with Gasteiger partial charge in [-0.25, -0.2) is 4.72 Å². The number of imide groups is 1. The summed E-state index contributed by atoms with van der Waals surface area (Å²) in [5.41, 5.74) is 6.83. The van der Waals surface area contributed by atoms with Gasteiger partial charge in [0.1, 0.15) is 42.3 Å². The van der Waals surface area contributed by atoms with Crippen LogP contribution in [-0.4, -0.2) is 133 Å². The lowest BCUT2D eigenvalue weighted by molar-refractivity contribution is -0.149. The van der Waals surface area contributed by atoms with Gasteiger partial charge in [-0.1, -0.05) is 44.2 Å². The molecule has 1 aromatic carbocycles. The van der Waals surface area contributed by atoms with E-state index in [-0.39, 0.29) is 38.0 Å². The summed E-state index contributed by atoms with van der Waals surface area (Å²) in [7, 11) is 0. The normalized spacial score (nSPS) is 16.7. The molecule has 1 aliphatic heterocycles. The van der Waals surface area contributed by atoms with Gasteiger partial charge in [-0.05, 0) is 72.5 Å². The highest BCUT2D eigenvalue weighted by Crippen LogP contribution is 2.26. The Kier molecular flexibility index (Phi) is 20.7. The Morgan fingerprint density at radius 1 is 0.708 bits per heavy atom. The summed E-state index contributed by atoms with van der Waals surface area (Å²) in [6.07, 6.45) is -1.99. The van der Waals surface area contributed by atoms with Crippen LogP contribution in [0.3, 0.4) is 0 Å². The van der Waals surface area contributed by atoms with E-state index in [9.17, 15) is 63.0 Å². The topological polar surface area (TPSA) is 350 Å². The molecule has 0 aliphatic carbocycles. The van der Waals surface area contributed by atoms with E-state index in [0.717, 1.165) is 10.5 Å². The first-order valence-corrected chi connectivity index (χ1v) is 22.1. The fraction of sp³-hybridized carbons (Fsp3) is 0.488. The number of likely N-dealkylation sites (tertiary alicyclic amines) is 1. The number of hydrogen-bond donors (Lipinski definition) is 10. The van der Waals surface area contributed by atoms with Crippen molar-refractivity contribution in [3.63, 3.8) is 0 Å². The highest BCUT2D eigenvalue weighted by Gasteiger charge is 2.44. The first-order chi connectivity index (χ1) is 30.6. The Hall–Kier alpha value is -6.24. The van der Waals surface area contributed by atoms with Crippen molar-refractivity contribution in [1.29, 1.82) is 0 Å². The molecule has 7 amide bonds. The van der Waals surface area contributed by atoms with Crippen LogP contribution in [0.2, 0.25) is 0 Å². The minimum Gasteiger partial charge on any atom is -0.481 e. The fourth-order valence-electron chi connectivity index (χ4n) is 6.42. The third kappa shape index (κ3) is 17.0. The fourth-order valence-corrected chi connectivity index (χ4v) is 7.90. The second-order valence-electron chi connectivity index (χ2n) is 15.7. The maximum atomic E-state index is 14.2. The quantitative estimate of drug-likeness (QED) is 0.0537. The van der Waals surface area contributed by atoms with E-state index in [4.69, 9.17) is 10.8 Å². The van der Waals surface area contributed by atoms with Gasteiger partial charge in [0.15, 0.2) is 0 Å². The average molecular weight is 947 g/mol. The molecule has 1 saturated heterocycles. The van der Waals surface area contributed by atoms with Crippen LogP contribution in [0.15, 0.2) is 47.2 Å². The number of nitrogens with one attached hydrogen (secondary N) is 6. The number of carbonyl (C=O) groups excluding carboxylic acids is 8. The van der Waals surface area contributed by atoms with E-state index in [1.165, 1.54) is 25.2 Å². The van der Waals surface area contributed by atoms with Crippen molar-refractivity contribution in [3.8, 4) is 0 Å². The zero-order valence-electron chi connectivity index (χ0n) is 35.9. The standard InChI is InChI=1S/C41H54N8O14S2/c1-20(2)14-28(39(60)49-30(10-11-31(49)50)41(63)65-48-29(40(61)62)16-24-12-13-64-19-24)47-38(59)26(15-23-8-6-5-7-9-23)45-35(56)22(4)43-34(55)21(3)44-37(58)27(18-33(53)54)46-36(57)25(42)17-32(51)52/h5-9,12-13,19-22,25-30,48H,10-11,14-18,42H2,1-4H3,(H,43,55)(H,44,58)(H,45,56)(H,46,57)(H,47,59)(H,51,52)(H,53,54)(H,61,62)/t21-,22-,25-,26-,27-,28-,29-,30-/m0/s1. The third-order valence-electron chi connectivity index (χ3n) is 9.83. The lowest BCUT2D eigenvalue weighted by Crippen LogP contribution is -2.59. The van der Waals surface area contributed by atoms with Gasteiger partial charge in [-0.15, -0.1) is 0 Å². The molecule has 1 aliphatic rings. The van der Waals surface area contributed by atoms with Crippen molar-refractivity contribution in [2.24, 2.45) is 11.7 Å². The van der Waals surface area contributed by atoms with Gasteiger partial charge in [0.2, 0.25) is 40.6 Å². The number of carboxylic acids is 3. The molecular weight excluding hydrogens is 893 g/mol. The molecule has 0 bridgehead atoms. The van der Waals surface area contributed by atoms with Gasteiger partial charge in [0, 0.05) is 19.3 Å². The summed E-state index contributed by atoms with van der Waals surface area (Å²) < 4.78 is 2.63. The maximum absolute atomic E-state index is 14.2. The number of hydrogen-bond acceptors (Lipinski definition) is 15. The Bertz CT molecular complexity index is 2070. The van der Waals surface area contributed by atoms with E-state index in [1.54, 1.807) is 61.0 Å². The molecule has 354 valence electrons. The molecule has 24 heteroatoms. The van der Waals surface area contributed by atoms with Crippen LogP contribution in [0.25, 0.3) is 0 Å². The number of rotatable bonds is 25. The first-order valence-electron chi connectivity index (χ1n) is 20.4. The molecule has 3 rings (SSSR count). The predicted molar refractivity (Wildman–Crippen MR) is 233 cm³/mol. The van der Waals surface area contributed by atoms with Gasteiger partial charge in [-0.2, -0.15) is 11.3 Å². The minimum absolute atomic E-state index is 0.0105. The summed E-state index contributed by atoms with van der Waals surface area (Å²) in [4.78, 5) is 142. The molecule has 65 heavy (non-hydrogen) atoms. The number of benzene rings is 1. The van der Waals surface area contributed by atoms with E-state index >= 15 is 0 Å². The van der Waals surface area contributed by atoms with E-state index in [1.807, 2.05) is 0 Å². The van der Waals surface area contributed by atoms with Gasteiger partial charge in [-0.3, -0.25) is 57.6 Å². The van der Waals surface area contributed by atoms with Gasteiger partial charge in [0.05, 0.1) is 18.9 Å². The van der Waals surface area contributed by atoms with Gasteiger partial charge < -0.3 is 47.6 Å². The van der Waals surface area contributed by atoms with Crippen molar-refractivity contribution in [1.82, 2.24) is 36.2 Å². The lowest BCUT2D eigenvalue weighted by Gasteiger charge is -2.29. The SMILES string of the molecule is CC(C)C[C@H](NC(=O)[C@H](Cc1ccccc1)NC(=O)[C@H](C)NC(=O)[C@H](C)NC(=O)[C@H](CC(=O)O)NC(=O)[C@@H](N)CC(=O)O)C(=O)N1C(=O)CC[C@H]1C(=O)SN[C@@H](Cc1ccsc1)C(=O)O. The number of amides is 7. The second kappa shape index (κ2) is 25.3. The number of nitrogens with zero attached hydrogens (tertiary/aromatic N) is 1. The molecule has 0 saturated carbocycles. The lowest BCUT2D eigenvalue weighted by atomic mass is 10.00. The molecule has 1 aromatic heterocycles. The molecule has 0 unspecified atom stereocenters. The number of nitrogens with two attached hydrogens (primary N) is 1. The van der Waals surface area contributed by atoms with Crippen LogP contribution in [-0.2, 0) is 65.6 Å². The molecule has 11 N–H and O–H groups in total. The van der Waals surface area contributed by atoms with Crippen LogP contribution < -0.4 is 37.0 Å². The van der Waals surface area contributed by atoms with E-state index in [2.05, 4.69) is 31.3 Å². The summed E-state index contributed by atoms with van der Waals surface area (Å²) in [5.74, 6) is -10.9. The van der Waals surface area contributed by atoms with Crippen LogP contribution >= 0.6 is 23.3 Å². The predicted octanol–water partition coefficient (Wildman–Crippen LogP) is -0.945. The first kappa shape index (κ1) is 53.1. The Morgan fingerprint density at radius 3 is 1.83 bits per heavy atom. The zero-order chi connectivity index (χ0) is 48.5. The Balaban J connectivity index is 1.74. The highest BCUT2D eigenvalue weighted by molar-refractivity contribution is 8.12. The third-order valence-corrected chi connectivity index (χ3v) is 11.4. The van der Waals surface area contributed by atoms with Crippen LogP contribution in [0.5, 0.6) is 0 Å². The summed E-state index contributed by atoms with van der Waals surface area (Å²) in [6.45, 7) is 5.99. The van der Waals surface area contributed by atoms with Gasteiger partial charge >= 0.3 is 17.9 Å². The summed E-state index contributed by atoms with van der Waals surface area (Å²) in [5, 5.41) is 42.6. The molecule has 22 nitrogen and oxygen atoms in total. The number of carbonyl (C=O) groups is 11. The molecule has 1 fully saturated rings. The van der Waals surface area contributed by atoms with Crippen molar-refractivity contribution < 1.29 is 68.1 Å². The van der Waals surface area contributed by atoms with Crippen LogP contribution in [0, 0.1) is 5.92 Å². The molecule has 2 aromatic rings. The molecule has 0 spiro atoms. The van der Waals surface area contributed by atoms with E-state index < -0.39 is 126 Å². The minimum atomic E-state index is -1.76. The number of aliphatic carboxylic acids is 3. The van der Waals surface area contributed by atoms with Crippen molar-refractivity contribution >= 4 is 87.7 Å². The second-order valence-corrected chi connectivity index (χ2v) is 17.3. The van der Waals surface area contributed by atoms with Gasteiger partial charge in [0.25, 0.3) is 5.91 Å². The highest BCUT2D eigenvalue weighted by atomic mass is 32.2. The largest absolute Gasteiger partial charge is 0.481 e. The number of carboxylic acid groups (broad SMARTS) is 3. The molecule has 0 radical (unpaired) electrons. The molecule has 8 atom stereocenters. The molecule has 2 heterocycles. The Morgan fingerprint density at radius 2 is 1.26 bits per heavy atom. The average Bonchev–Trinajstić information content (AvgIpc) is 3.90. The van der Waals surface area contributed by atoms with Crippen LogP contribution in [0.1, 0.15) is 70.9 Å². The summed E-state index contributed by atoms with van der Waals surface area (Å²) in [6, 6.07) is -1.11. The molecular formula is C41H54N8O14S2. The monoisotopic (exact) mass is 946 g/mol. The zero-order valence-corrected chi connectivity index (χ0v) is 37.6. The van der Waals surface area contributed by atoms with Crippen molar-refractivity contribution in [3.05, 3.63) is 58.3 Å². The van der Waals surface area contributed by atoms with Crippen LogP contribution in [0.4, 0.5) is 0 Å². The van der Waals surface area contributed by atoms with Crippen molar-refractivity contribution in [2.45, 2.75) is 121 Å². The summed E-state index contributed by atoms with van der Waals surface area (Å²) >= 11 is 1.85. The van der Waals surface area contributed by atoms with E-state index in [0.29, 0.717) is 17.5 Å². The Labute approximate surface area is 381 Å².